The third kappa shape index (κ3) is 3.59. The van der Waals surface area contributed by atoms with Crippen LogP contribution in [0.4, 0.5) is 0 Å². The van der Waals surface area contributed by atoms with Crippen molar-refractivity contribution in [3.63, 3.8) is 0 Å². The molecule has 3 heteroatoms. The maximum atomic E-state index is 11.7. The summed E-state index contributed by atoms with van der Waals surface area (Å²) in [6.45, 7) is 9.48. The number of amides is 1. The summed E-state index contributed by atoms with van der Waals surface area (Å²) in [6.07, 6.45) is 6.69. The zero-order valence-electron chi connectivity index (χ0n) is 12.6. The predicted molar refractivity (Wildman–Crippen MR) is 78.9 cm³/mol. The lowest BCUT2D eigenvalue weighted by Crippen LogP contribution is -2.39. The lowest BCUT2D eigenvalue weighted by molar-refractivity contribution is -0.129. The first-order valence-corrected chi connectivity index (χ1v) is 7.79. The zero-order chi connectivity index (χ0) is 13.8. The summed E-state index contributed by atoms with van der Waals surface area (Å²) in [6, 6.07) is 0.498. The van der Waals surface area contributed by atoms with Gasteiger partial charge < -0.3 is 10.2 Å². The topological polar surface area (TPSA) is 32.3 Å². The second kappa shape index (κ2) is 6.56. The first-order chi connectivity index (χ1) is 9.11. The van der Waals surface area contributed by atoms with Gasteiger partial charge in [0.25, 0.3) is 0 Å². The maximum Gasteiger partial charge on any atom is 0.222 e. The minimum Gasteiger partial charge on any atom is -0.341 e. The van der Waals surface area contributed by atoms with Crippen LogP contribution in [-0.4, -0.2) is 36.5 Å². The molecule has 1 amide bonds. The van der Waals surface area contributed by atoms with Crippen molar-refractivity contribution in [2.75, 3.05) is 19.6 Å². The molecule has 0 unspecified atom stereocenters. The monoisotopic (exact) mass is 264 g/mol. The van der Waals surface area contributed by atoms with Gasteiger partial charge in [0.05, 0.1) is 0 Å². The van der Waals surface area contributed by atoms with E-state index >= 15 is 0 Å². The van der Waals surface area contributed by atoms with Gasteiger partial charge in [-0.3, -0.25) is 4.79 Å². The Labute approximate surface area is 117 Å². The molecule has 0 saturated carbocycles. The number of carbonyl (C=O) groups is 1. The van der Waals surface area contributed by atoms with Gasteiger partial charge in [-0.15, -0.1) is 0 Å². The lowest BCUT2D eigenvalue weighted by Gasteiger charge is -2.30. The number of likely N-dealkylation sites (tertiary alicyclic amines) is 1. The smallest absolute Gasteiger partial charge is 0.222 e. The highest BCUT2D eigenvalue weighted by Crippen LogP contribution is 2.29. The Hall–Kier alpha value is -0.830. The van der Waals surface area contributed by atoms with E-state index in [-0.39, 0.29) is 0 Å². The Bertz CT molecular complexity index is 351. The standard InChI is InChI=1S/C16H28N2O/c1-4-16(19)18-9-8-14(11-18)17-10-15-12(2)6-5-7-13(15)3/h6,13-15,17H,4-5,7-11H2,1-3H3/t13-,14+,15-/m1/s1. The van der Waals surface area contributed by atoms with Crippen LogP contribution < -0.4 is 5.32 Å². The molecule has 2 aliphatic rings. The van der Waals surface area contributed by atoms with Crippen LogP contribution in [-0.2, 0) is 4.79 Å². The third-order valence-corrected chi connectivity index (χ3v) is 4.83. The Kier molecular flexibility index (Phi) is 5.03. The Morgan fingerprint density at radius 1 is 1.47 bits per heavy atom. The summed E-state index contributed by atoms with van der Waals surface area (Å²) in [5.74, 6) is 1.77. The van der Waals surface area contributed by atoms with Crippen LogP contribution in [0, 0.1) is 11.8 Å². The van der Waals surface area contributed by atoms with Crippen LogP contribution in [0.15, 0.2) is 11.6 Å². The molecule has 1 N–H and O–H groups in total. The Morgan fingerprint density at radius 2 is 2.26 bits per heavy atom. The second-order valence-electron chi connectivity index (χ2n) is 6.20. The molecule has 0 spiro atoms. The van der Waals surface area contributed by atoms with Gasteiger partial charge in [-0.2, -0.15) is 0 Å². The van der Waals surface area contributed by atoms with Crippen molar-refractivity contribution in [3.05, 3.63) is 11.6 Å². The van der Waals surface area contributed by atoms with Crippen molar-refractivity contribution in [2.45, 2.75) is 52.5 Å². The molecule has 0 aromatic carbocycles. The van der Waals surface area contributed by atoms with E-state index in [1.807, 2.05) is 11.8 Å². The fourth-order valence-corrected chi connectivity index (χ4v) is 3.41. The number of hydrogen-bond acceptors (Lipinski definition) is 2. The van der Waals surface area contributed by atoms with Crippen LogP contribution in [0.2, 0.25) is 0 Å². The first-order valence-electron chi connectivity index (χ1n) is 7.79. The normalized spacial score (nSPS) is 31.4. The van der Waals surface area contributed by atoms with Crippen molar-refractivity contribution < 1.29 is 4.79 Å². The first kappa shape index (κ1) is 14.6. The van der Waals surface area contributed by atoms with Crippen molar-refractivity contribution in [2.24, 2.45) is 11.8 Å². The summed E-state index contributed by atoms with van der Waals surface area (Å²) in [5.41, 5.74) is 1.55. The molecule has 1 aliphatic heterocycles. The van der Waals surface area contributed by atoms with E-state index in [4.69, 9.17) is 0 Å². The fourth-order valence-electron chi connectivity index (χ4n) is 3.41. The van der Waals surface area contributed by atoms with Gasteiger partial charge in [0.1, 0.15) is 0 Å². The minimum atomic E-state index is 0.298. The number of rotatable bonds is 4. The molecule has 3 atom stereocenters. The second-order valence-corrected chi connectivity index (χ2v) is 6.20. The van der Waals surface area contributed by atoms with Crippen molar-refractivity contribution in [1.82, 2.24) is 10.2 Å². The van der Waals surface area contributed by atoms with Crippen LogP contribution in [0.5, 0.6) is 0 Å². The third-order valence-electron chi connectivity index (χ3n) is 4.83. The highest BCUT2D eigenvalue weighted by Gasteiger charge is 2.27. The van der Waals surface area contributed by atoms with Crippen LogP contribution >= 0.6 is 0 Å². The highest BCUT2D eigenvalue weighted by molar-refractivity contribution is 5.76. The van der Waals surface area contributed by atoms with Crippen LogP contribution in [0.25, 0.3) is 0 Å². The van der Waals surface area contributed by atoms with Crippen LogP contribution in [0.3, 0.4) is 0 Å². The summed E-state index contributed by atoms with van der Waals surface area (Å²) in [4.78, 5) is 13.7. The van der Waals surface area contributed by atoms with Gasteiger partial charge in [0, 0.05) is 32.1 Å². The molecule has 1 heterocycles. The van der Waals surface area contributed by atoms with Crippen molar-refractivity contribution in [3.8, 4) is 0 Å². The number of nitrogens with zero attached hydrogens (tertiary/aromatic N) is 1. The van der Waals surface area contributed by atoms with Gasteiger partial charge in [-0.25, -0.2) is 0 Å². The predicted octanol–water partition coefficient (Wildman–Crippen LogP) is 2.58. The molecule has 0 radical (unpaired) electrons. The molecule has 1 saturated heterocycles. The molecule has 0 aromatic heterocycles. The molecule has 2 rings (SSSR count). The zero-order valence-corrected chi connectivity index (χ0v) is 12.6. The number of allylic oxidation sites excluding steroid dienone is 1. The summed E-state index contributed by atoms with van der Waals surface area (Å²) in [7, 11) is 0. The Morgan fingerprint density at radius 3 is 2.95 bits per heavy atom. The summed E-state index contributed by atoms with van der Waals surface area (Å²) in [5, 5.41) is 3.69. The molecule has 1 fully saturated rings. The van der Waals surface area contributed by atoms with Crippen molar-refractivity contribution in [1.29, 1.82) is 0 Å². The van der Waals surface area contributed by atoms with Gasteiger partial charge in [0.2, 0.25) is 5.91 Å². The molecule has 0 bridgehead atoms. The average Bonchev–Trinajstić information content (AvgIpc) is 2.86. The lowest BCUT2D eigenvalue weighted by atomic mass is 9.80. The molecule has 0 aromatic rings. The average molecular weight is 264 g/mol. The van der Waals surface area contributed by atoms with E-state index in [1.165, 1.54) is 12.8 Å². The van der Waals surface area contributed by atoms with E-state index in [0.29, 0.717) is 24.3 Å². The minimum absolute atomic E-state index is 0.298. The van der Waals surface area contributed by atoms with E-state index in [2.05, 4.69) is 25.2 Å². The van der Waals surface area contributed by atoms with Gasteiger partial charge >= 0.3 is 0 Å². The van der Waals surface area contributed by atoms with Gasteiger partial charge in [0.15, 0.2) is 0 Å². The van der Waals surface area contributed by atoms with E-state index in [1.54, 1.807) is 5.57 Å². The Balaban J connectivity index is 1.79. The maximum absolute atomic E-state index is 11.7. The highest BCUT2D eigenvalue weighted by atomic mass is 16.2. The van der Waals surface area contributed by atoms with E-state index in [9.17, 15) is 4.79 Å². The molecule has 3 nitrogen and oxygen atoms in total. The number of nitrogens with one attached hydrogen (secondary N) is 1. The van der Waals surface area contributed by atoms with Crippen molar-refractivity contribution >= 4 is 5.91 Å². The quantitative estimate of drug-likeness (QED) is 0.792. The molecule has 1 aliphatic carbocycles. The molecular weight excluding hydrogens is 236 g/mol. The molecule has 19 heavy (non-hydrogen) atoms. The van der Waals surface area contributed by atoms with E-state index < -0.39 is 0 Å². The fraction of sp³-hybridized carbons (Fsp3) is 0.812. The summed E-state index contributed by atoms with van der Waals surface area (Å²) >= 11 is 0. The van der Waals surface area contributed by atoms with Gasteiger partial charge in [-0.1, -0.05) is 25.5 Å². The SMILES string of the molecule is CCC(=O)N1CC[C@H](NC[C@@H]2C(C)=CCC[C@H]2C)C1. The van der Waals surface area contributed by atoms with Crippen LogP contribution in [0.1, 0.15) is 46.5 Å². The van der Waals surface area contributed by atoms with Gasteiger partial charge in [-0.05, 0) is 38.0 Å². The molecule has 108 valence electrons. The molecular formula is C16H28N2O. The number of carbonyl (C=O) groups excluding carboxylic acids is 1. The summed E-state index contributed by atoms with van der Waals surface area (Å²) < 4.78 is 0. The largest absolute Gasteiger partial charge is 0.341 e. The van der Waals surface area contributed by atoms with E-state index in [0.717, 1.165) is 32.0 Å². The number of hydrogen-bond donors (Lipinski definition) is 1.